The van der Waals surface area contributed by atoms with Gasteiger partial charge in [-0.2, -0.15) is 0 Å². The topological polar surface area (TPSA) is 21.7 Å². The third kappa shape index (κ3) is 6.55. The molecule has 0 aliphatic carbocycles. The van der Waals surface area contributed by atoms with Gasteiger partial charge in [-0.25, -0.2) is 0 Å². The fourth-order valence-electron chi connectivity index (χ4n) is 3.00. The lowest BCUT2D eigenvalue weighted by Gasteiger charge is -2.22. The molecule has 3 rings (SSSR count). The van der Waals surface area contributed by atoms with Crippen LogP contribution in [0.3, 0.4) is 0 Å². The number of hydrogen-bond acceptors (Lipinski definition) is 3. The summed E-state index contributed by atoms with van der Waals surface area (Å²) in [5, 5.41) is 0. The highest BCUT2D eigenvalue weighted by Gasteiger charge is 2.07. The van der Waals surface area contributed by atoms with Crippen molar-refractivity contribution in [3.05, 3.63) is 102 Å². The Balaban J connectivity index is 1.52. The maximum absolute atomic E-state index is 5.92. The van der Waals surface area contributed by atoms with Crippen molar-refractivity contribution in [3.63, 3.8) is 0 Å². The van der Waals surface area contributed by atoms with Crippen molar-refractivity contribution in [2.75, 3.05) is 20.3 Å². The van der Waals surface area contributed by atoms with E-state index in [0.717, 1.165) is 30.9 Å². The van der Waals surface area contributed by atoms with Gasteiger partial charge in [-0.05, 0) is 28.8 Å². The van der Waals surface area contributed by atoms with Crippen molar-refractivity contribution in [2.24, 2.45) is 0 Å². The number of benzene rings is 3. The van der Waals surface area contributed by atoms with Crippen LogP contribution in [0.5, 0.6) is 5.75 Å². The van der Waals surface area contributed by atoms with Crippen LogP contribution in [0, 0.1) is 0 Å². The number of ether oxygens (including phenoxy) is 2. The predicted octanol–water partition coefficient (Wildman–Crippen LogP) is 4.91. The Morgan fingerprint density at radius 3 is 1.74 bits per heavy atom. The molecule has 0 N–H and O–H groups in total. The van der Waals surface area contributed by atoms with E-state index in [0.29, 0.717) is 13.2 Å². The monoisotopic (exact) mass is 361 g/mol. The summed E-state index contributed by atoms with van der Waals surface area (Å²) < 4.78 is 11.1. The molecule has 0 saturated heterocycles. The second-order valence-corrected chi connectivity index (χ2v) is 6.58. The highest BCUT2D eigenvalue weighted by molar-refractivity contribution is 5.26. The smallest absolute Gasteiger partial charge is 0.118 e. The molecule has 27 heavy (non-hydrogen) atoms. The quantitative estimate of drug-likeness (QED) is 0.479. The van der Waals surface area contributed by atoms with E-state index >= 15 is 0 Å². The van der Waals surface area contributed by atoms with Gasteiger partial charge >= 0.3 is 0 Å². The van der Waals surface area contributed by atoms with Crippen molar-refractivity contribution in [2.45, 2.75) is 19.7 Å². The Morgan fingerprint density at radius 2 is 1.22 bits per heavy atom. The standard InChI is InChI=1S/C24H27NO2/c1-26-24-14-12-23(13-15-24)20-27-17-16-25(18-21-8-4-2-5-9-21)19-22-10-6-3-7-11-22/h2-15H,16-20H2,1H3. The van der Waals surface area contributed by atoms with Gasteiger partial charge in [0.1, 0.15) is 5.75 Å². The lowest BCUT2D eigenvalue weighted by molar-refractivity contribution is 0.0878. The molecule has 0 aromatic heterocycles. The molecule has 3 aromatic rings. The molecule has 0 aliphatic heterocycles. The van der Waals surface area contributed by atoms with Gasteiger partial charge in [0.05, 0.1) is 20.3 Å². The summed E-state index contributed by atoms with van der Waals surface area (Å²) in [6.07, 6.45) is 0. The summed E-state index contributed by atoms with van der Waals surface area (Å²) in [5.74, 6) is 0.871. The molecule has 0 saturated carbocycles. The van der Waals surface area contributed by atoms with Gasteiger partial charge < -0.3 is 9.47 Å². The number of hydrogen-bond donors (Lipinski definition) is 0. The Labute approximate surface area is 162 Å². The minimum Gasteiger partial charge on any atom is -0.497 e. The summed E-state index contributed by atoms with van der Waals surface area (Å²) in [4.78, 5) is 2.43. The van der Waals surface area contributed by atoms with E-state index < -0.39 is 0 Å². The molecule has 0 atom stereocenters. The van der Waals surface area contributed by atoms with Crippen LogP contribution in [0.2, 0.25) is 0 Å². The fourth-order valence-corrected chi connectivity index (χ4v) is 3.00. The molecule has 3 aromatic carbocycles. The highest BCUT2D eigenvalue weighted by Crippen LogP contribution is 2.13. The van der Waals surface area contributed by atoms with Crippen LogP contribution >= 0.6 is 0 Å². The average Bonchev–Trinajstić information content (AvgIpc) is 2.73. The van der Waals surface area contributed by atoms with E-state index in [2.05, 4.69) is 65.6 Å². The average molecular weight is 361 g/mol. The zero-order chi connectivity index (χ0) is 18.7. The third-order valence-corrected chi connectivity index (χ3v) is 4.48. The number of rotatable bonds is 10. The minimum absolute atomic E-state index is 0.620. The molecule has 3 nitrogen and oxygen atoms in total. The van der Waals surface area contributed by atoms with Crippen LogP contribution in [0.25, 0.3) is 0 Å². The molecule has 0 unspecified atom stereocenters. The van der Waals surface area contributed by atoms with Crippen LogP contribution in [-0.4, -0.2) is 25.2 Å². The predicted molar refractivity (Wildman–Crippen MR) is 110 cm³/mol. The molecule has 0 fully saturated rings. The molecule has 140 valence electrons. The first kappa shape index (κ1) is 19.2. The third-order valence-electron chi connectivity index (χ3n) is 4.48. The Bertz CT molecular complexity index is 731. The van der Waals surface area contributed by atoms with Gasteiger partial charge in [-0.3, -0.25) is 4.90 Å². The van der Waals surface area contributed by atoms with Gasteiger partial charge in [0, 0.05) is 19.6 Å². The van der Waals surface area contributed by atoms with Gasteiger partial charge in [0.2, 0.25) is 0 Å². The summed E-state index contributed by atoms with van der Waals surface area (Å²) >= 11 is 0. The van der Waals surface area contributed by atoms with Gasteiger partial charge in [-0.1, -0.05) is 72.8 Å². The Hall–Kier alpha value is -2.62. The fraction of sp³-hybridized carbons (Fsp3) is 0.250. The maximum atomic E-state index is 5.92. The number of nitrogens with zero attached hydrogens (tertiary/aromatic N) is 1. The van der Waals surface area contributed by atoms with Gasteiger partial charge in [0.25, 0.3) is 0 Å². The largest absolute Gasteiger partial charge is 0.497 e. The van der Waals surface area contributed by atoms with Gasteiger partial charge in [0.15, 0.2) is 0 Å². The lowest BCUT2D eigenvalue weighted by atomic mass is 10.1. The van der Waals surface area contributed by atoms with Crippen molar-refractivity contribution in [3.8, 4) is 5.75 Å². The zero-order valence-electron chi connectivity index (χ0n) is 15.9. The molecule has 3 heteroatoms. The van der Waals surface area contributed by atoms with E-state index in [1.54, 1.807) is 7.11 Å². The molecule has 0 bridgehead atoms. The summed E-state index contributed by atoms with van der Waals surface area (Å²) in [7, 11) is 1.68. The molecule has 0 spiro atoms. The molecule has 0 radical (unpaired) electrons. The van der Waals surface area contributed by atoms with Crippen molar-refractivity contribution >= 4 is 0 Å². The summed E-state index contributed by atoms with van der Waals surface area (Å²) in [6, 6.07) is 29.2. The Kier molecular flexibility index (Phi) is 7.45. The van der Waals surface area contributed by atoms with E-state index in [1.165, 1.54) is 11.1 Å². The molecule has 0 amide bonds. The first-order valence-corrected chi connectivity index (χ1v) is 9.34. The van der Waals surface area contributed by atoms with E-state index in [-0.39, 0.29) is 0 Å². The molecule has 0 aliphatic rings. The second-order valence-electron chi connectivity index (χ2n) is 6.58. The van der Waals surface area contributed by atoms with E-state index in [9.17, 15) is 0 Å². The van der Waals surface area contributed by atoms with Crippen LogP contribution in [0.4, 0.5) is 0 Å². The maximum Gasteiger partial charge on any atom is 0.118 e. The summed E-state index contributed by atoms with van der Waals surface area (Å²) in [5.41, 5.74) is 3.81. The van der Waals surface area contributed by atoms with Crippen molar-refractivity contribution in [1.29, 1.82) is 0 Å². The SMILES string of the molecule is COc1ccc(COCCN(Cc2ccccc2)Cc2ccccc2)cc1. The van der Waals surface area contributed by atoms with Crippen LogP contribution in [0.15, 0.2) is 84.9 Å². The van der Waals surface area contributed by atoms with E-state index in [4.69, 9.17) is 9.47 Å². The first-order chi connectivity index (χ1) is 13.3. The molecule has 0 heterocycles. The normalized spacial score (nSPS) is 10.9. The van der Waals surface area contributed by atoms with Crippen molar-refractivity contribution < 1.29 is 9.47 Å². The van der Waals surface area contributed by atoms with Crippen LogP contribution in [0.1, 0.15) is 16.7 Å². The van der Waals surface area contributed by atoms with Crippen LogP contribution in [-0.2, 0) is 24.4 Å². The zero-order valence-corrected chi connectivity index (χ0v) is 15.9. The van der Waals surface area contributed by atoms with Crippen molar-refractivity contribution in [1.82, 2.24) is 4.90 Å². The lowest BCUT2D eigenvalue weighted by Crippen LogP contribution is -2.27. The Morgan fingerprint density at radius 1 is 0.667 bits per heavy atom. The summed E-state index contributed by atoms with van der Waals surface area (Å²) in [6.45, 7) is 4.05. The molecular weight excluding hydrogens is 334 g/mol. The second kappa shape index (κ2) is 10.5. The minimum atomic E-state index is 0.620. The first-order valence-electron chi connectivity index (χ1n) is 9.34. The highest BCUT2D eigenvalue weighted by atomic mass is 16.5. The van der Waals surface area contributed by atoms with Crippen LogP contribution < -0.4 is 4.74 Å². The molecular formula is C24H27NO2. The van der Waals surface area contributed by atoms with Gasteiger partial charge in [-0.15, -0.1) is 0 Å². The number of methoxy groups -OCH3 is 1. The van der Waals surface area contributed by atoms with E-state index in [1.807, 2.05) is 24.3 Å².